The molecule has 1 saturated carbocycles. The Hall–Kier alpha value is -1.49. The summed E-state index contributed by atoms with van der Waals surface area (Å²) in [7, 11) is 0. The zero-order chi connectivity index (χ0) is 14.7. The quantitative estimate of drug-likeness (QED) is 0.891. The van der Waals surface area contributed by atoms with E-state index in [9.17, 15) is 13.6 Å². The molecular formula is C15H19F2NO2. The Morgan fingerprint density at radius 2 is 1.95 bits per heavy atom. The van der Waals surface area contributed by atoms with Crippen molar-refractivity contribution >= 4 is 5.97 Å². The van der Waals surface area contributed by atoms with Crippen molar-refractivity contribution in [2.45, 2.75) is 44.7 Å². The smallest absolute Gasteiger partial charge is 0.306 e. The molecule has 0 bridgehead atoms. The summed E-state index contributed by atoms with van der Waals surface area (Å²) in [5.74, 6) is -1.89. The highest BCUT2D eigenvalue weighted by atomic mass is 19.1. The van der Waals surface area contributed by atoms with E-state index in [2.05, 4.69) is 5.32 Å². The zero-order valence-corrected chi connectivity index (χ0v) is 11.4. The molecule has 0 aromatic heterocycles. The van der Waals surface area contributed by atoms with Crippen molar-refractivity contribution in [3.8, 4) is 0 Å². The Kier molecular flexibility index (Phi) is 4.70. The first-order valence-corrected chi connectivity index (χ1v) is 6.91. The van der Waals surface area contributed by atoms with Crippen LogP contribution in [-0.2, 0) is 4.79 Å². The first-order chi connectivity index (χ1) is 9.47. The van der Waals surface area contributed by atoms with E-state index in [-0.39, 0.29) is 18.0 Å². The summed E-state index contributed by atoms with van der Waals surface area (Å²) < 4.78 is 26.8. The van der Waals surface area contributed by atoms with Gasteiger partial charge in [0.25, 0.3) is 0 Å². The van der Waals surface area contributed by atoms with E-state index in [1.54, 1.807) is 6.92 Å². The first kappa shape index (κ1) is 14.9. The van der Waals surface area contributed by atoms with Gasteiger partial charge in [0.05, 0.1) is 5.92 Å². The van der Waals surface area contributed by atoms with Crippen LogP contribution in [0.2, 0.25) is 0 Å². The minimum Gasteiger partial charge on any atom is -0.481 e. The third-order valence-electron chi connectivity index (χ3n) is 3.99. The van der Waals surface area contributed by atoms with E-state index >= 15 is 0 Å². The van der Waals surface area contributed by atoms with Crippen molar-refractivity contribution in [3.05, 3.63) is 35.4 Å². The SMILES string of the molecule is CC(NC1CCC(C(=O)O)CC1)c1cc(F)ccc1F. The molecule has 1 aromatic carbocycles. The first-order valence-electron chi connectivity index (χ1n) is 6.91. The number of hydrogen-bond donors (Lipinski definition) is 2. The molecule has 20 heavy (non-hydrogen) atoms. The molecule has 2 N–H and O–H groups in total. The van der Waals surface area contributed by atoms with Gasteiger partial charge in [0.15, 0.2) is 0 Å². The van der Waals surface area contributed by atoms with E-state index < -0.39 is 17.6 Å². The fourth-order valence-corrected chi connectivity index (χ4v) is 2.80. The van der Waals surface area contributed by atoms with Gasteiger partial charge in [-0.1, -0.05) is 0 Å². The molecule has 2 rings (SSSR count). The van der Waals surface area contributed by atoms with Gasteiger partial charge in [-0.15, -0.1) is 0 Å². The third kappa shape index (κ3) is 3.54. The van der Waals surface area contributed by atoms with Crippen LogP contribution in [-0.4, -0.2) is 17.1 Å². The maximum atomic E-state index is 13.7. The van der Waals surface area contributed by atoms with Crippen molar-refractivity contribution in [2.75, 3.05) is 0 Å². The summed E-state index contributed by atoms with van der Waals surface area (Å²) in [6, 6.07) is 3.30. The Morgan fingerprint density at radius 1 is 1.30 bits per heavy atom. The third-order valence-corrected chi connectivity index (χ3v) is 3.99. The molecule has 0 heterocycles. The molecule has 1 fully saturated rings. The summed E-state index contributed by atoms with van der Waals surface area (Å²) in [5.41, 5.74) is 0.311. The van der Waals surface area contributed by atoms with Crippen LogP contribution in [0.15, 0.2) is 18.2 Å². The zero-order valence-electron chi connectivity index (χ0n) is 11.4. The number of hydrogen-bond acceptors (Lipinski definition) is 2. The minimum atomic E-state index is -0.743. The highest BCUT2D eigenvalue weighted by Crippen LogP contribution is 2.27. The van der Waals surface area contributed by atoms with Crippen LogP contribution in [0.25, 0.3) is 0 Å². The van der Waals surface area contributed by atoms with Crippen molar-refractivity contribution in [3.63, 3.8) is 0 Å². The molecule has 0 radical (unpaired) electrons. The average Bonchev–Trinajstić information content (AvgIpc) is 2.42. The van der Waals surface area contributed by atoms with Gasteiger partial charge in [0.1, 0.15) is 11.6 Å². The number of aliphatic carboxylic acids is 1. The summed E-state index contributed by atoms with van der Waals surface area (Å²) in [5, 5.41) is 12.2. The lowest BCUT2D eigenvalue weighted by atomic mass is 9.85. The Labute approximate surface area is 117 Å². The van der Waals surface area contributed by atoms with Crippen molar-refractivity contribution in [2.24, 2.45) is 5.92 Å². The molecule has 1 aliphatic carbocycles. The van der Waals surface area contributed by atoms with Crippen molar-refractivity contribution < 1.29 is 18.7 Å². The Morgan fingerprint density at radius 3 is 2.55 bits per heavy atom. The average molecular weight is 283 g/mol. The molecule has 0 amide bonds. The molecule has 1 unspecified atom stereocenters. The van der Waals surface area contributed by atoms with E-state index in [0.29, 0.717) is 18.4 Å². The van der Waals surface area contributed by atoms with Crippen LogP contribution < -0.4 is 5.32 Å². The molecule has 0 saturated heterocycles. The number of carbonyl (C=O) groups is 1. The fourth-order valence-electron chi connectivity index (χ4n) is 2.80. The molecule has 0 spiro atoms. The van der Waals surface area contributed by atoms with Crippen LogP contribution in [0.4, 0.5) is 8.78 Å². The summed E-state index contributed by atoms with van der Waals surface area (Å²) in [4.78, 5) is 10.9. The number of benzene rings is 1. The molecule has 1 aliphatic rings. The standard InChI is InChI=1S/C15H19F2NO2/c1-9(13-8-11(16)4-7-14(13)17)18-12-5-2-10(3-6-12)15(19)20/h4,7-10,12,18H,2-3,5-6H2,1H3,(H,19,20). The van der Waals surface area contributed by atoms with Crippen LogP contribution >= 0.6 is 0 Å². The van der Waals surface area contributed by atoms with E-state index in [1.165, 1.54) is 6.07 Å². The maximum absolute atomic E-state index is 13.7. The molecule has 5 heteroatoms. The van der Waals surface area contributed by atoms with Crippen LogP contribution in [0.1, 0.15) is 44.2 Å². The fraction of sp³-hybridized carbons (Fsp3) is 0.533. The summed E-state index contributed by atoms with van der Waals surface area (Å²) >= 11 is 0. The van der Waals surface area contributed by atoms with Gasteiger partial charge in [-0.05, 0) is 50.8 Å². The second kappa shape index (κ2) is 6.31. The predicted octanol–water partition coefficient (Wildman–Crippen LogP) is 3.26. The number of nitrogens with one attached hydrogen (secondary N) is 1. The maximum Gasteiger partial charge on any atom is 0.306 e. The number of halogens is 2. The lowest BCUT2D eigenvalue weighted by molar-refractivity contribution is -0.142. The molecule has 110 valence electrons. The lowest BCUT2D eigenvalue weighted by Crippen LogP contribution is -2.36. The molecule has 3 nitrogen and oxygen atoms in total. The van der Waals surface area contributed by atoms with Gasteiger partial charge in [-0.2, -0.15) is 0 Å². The van der Waals surface area contributed by atoms with Gasteiger partial charge in [-0.25, -0.2) is 8.78 Å². The van der Waals surface area contributed by atoms with Crippen molar-refractivity contribution in [1.82, 2.24) is 5.32 Å². The Balaban J connectivity index is 1.94. The predicted molar refractivity (Wildman–Crippen MR) is 71.3 cm³/mol. The van der Waals surface area contributed by atoms with Gasteiger partial charge >= 0.3 is 5.97 Å². The van der Waals surface area contributed by atoms with Crippen LogP contribution in [0.3, 0.4) is 0 Å². The molecule has 1 atom stereocenters. The normalized spacial score (nSPS) is 24.4. The topological polar surface area (TPSA) is 49.3 Å². The molecule has 1 aromatic rings. The van der Waals surface area contributed by atoms with E-state index in [0.717, 1.165) is 25.0 Å². The largest absolute Gasteiger partial charge is 0.481 e. The Bertz CT molecular complexity index is 485. The van der Waals surface area contributed by atoms with Gasteiger partial charge in [0, 0.05) is 17.6 Å². The van der Waals surface area contributed by atoms with E-state index in [4.69, 9.17) is 5.11 Å². The second-order valence-corrected chi connectivity index (χ2v) is 5.44. The van der Waals surface area contributed by atoms with Crippen molar-refractivity contribution in [1.29, 1.82) is 0 Å². The second-order valence-electron chi connectivity index (χ2n) is 5.44. The van der Waals surface area contributed by atoms with Gasteiger partial charge < -0.3 is 10.4 Å². The summed E-state index contributed by atoms with van der Waals surface area (Å²) in [6.07, 6.45) is 2.76. The van der Waals surface area contributed by atoms with E-state index in [1.807, 2.05) is 0 Å². The van der Waals surface area contributed by atoms with Gasteiger partial charge in [0.2, 0.25) is 0 Å². The monoisotopic (exact) mass is 283 g/mol. The molecular weight excluding hydrogens is 264 g/mol. The summed E-state index contributed by atoms with van der Waals surface area (Å²) in [6.45, 7) is 1.79. The molecule has 0 aliphatic heterocycles. The van der Waals surface area contributed by atoms with Crippen LogP contribution in [0, 0.1) is 17.6 Å². The highest BCUT2D eigenvalue weighted by Gasteiger charge is 2.27. The number of carboxylic acids is 1. The lowest BCUT2D eigenvalue weighted by Gasteiger charge is -2.29. The number of rotatable bonds is 4. The highest BCUT2D eigenvalue weighted by molar-refractivity contribution is 5.70. The van der Waals surface area contributed by atoms with Crippen LogP contribution in [0.5, 0.6) is 0 Å². The number of carboxylic acid groups (broad SMARTS) is 1. The van der Waals surface area contributed by atoms with Gasteiger partial charge in [-0.3, -0.25) is 4.79 Å². The minimum absolute atomic E-state index is 0.156.